The Morgan fingerprint density at radius 3 is 2.62 bits per heavy atom. The van der Waals surface area contributed by atoms with Gasteiger partial charge in [-0.2, -0.15) is 17.5 Å². The van der Waals surface area contributed by atoms with E-state index < -0.39 is 17.6 Å². The molecule has 0 spiro atoms. The van der Waals surface area contributed by atoms with Crippen LogP contribution in [0.2, 0.25) is 0 Å². The zero-order valence-electron chi connectivity index (χ0n) is 10.6. The van der Waals surface area contributed by atoms with E-state index in [0.717, 1.165) is 17.6 Å². The number of nitrogens with one attached hydrogen (secondary N) is 1. The fraction of sp³-hybridized carbons (Fsp3) is 0.167. The molecular weight excluding hydrogens is 305 g/mol. The van der Waals surface area contributed by atoms with E-state index >= 15 is 0 Å². The number of anilines is 2. The summed E-state index contributed by atoms with van der Waals surface area (Å²) in [5.74, 6) is -0.827. The standard InChI is InChI=1S/C12H11F3N4OS/c13-12(14,15)7-4-2-1-3-6(7)5-18-11-8(10(17)20)9(16)19-21-11/h1-4,18H,5H2,(H2,16,19)(H2,17,20). The summed E-state index contributed by atoms with van der Waals surface area (Å²) in [5, 5.41) is 2.97. The molecule has 1 aromatic carbocycles. The summed E-state index contributed by atoms with van der Waals surface area (Å²) >= 11 is 0.869. The molecule has 1 amide bonds. The number of nitrogens with zero attached hydrogens (tertiary/aromatic N) is 1. The Morgan fingerprint density at radius 2 is 2.00 bits per heavy atom. The van der Waals surface area contributed by atoms with E-state index in [1.807, 2.05) is 0 Å². The van der Waals surface area contributed by atoms with E-state index in [-0.39, 0.29) is 28.5 Å². The lowest BCUT2D eigenvalue weighted by molar-refractivity contribution is -0.138. The van der Waals surface area contributed by atoms with Crippen LogP contribution in [0.1, 0.15) is 21.5 Å². The average molecular weight is 316 g/mol. The van der Waals surface area contributed by atoms with Crippen LogP contribution in [-0.2, 0) is 12.7 Å². The number of carbonyl (C=O) groups is 1. The van der Waals surface area contributed by atoms with Gasteiger partial charge in [-0.3, -0.25) is 4.79 Å². The maximum atomic E-state index is 12.9. The highest BCUT2D eigenvalue weighted by Gasteiger charge is 2.32. The maximum absolute atomic E-state index is 12.9. The molecule has 2 rings (SSSR count). The van der Waals surface area contributed by atoms with Crippen molar-refractivity contribution in [3.05, 3.63) is 41.0 Å². The summed E-state index contributed by atoms with van der Waals surface area (Å²) in [6.07, 6.45) is -4.45. The summed E-state index contributed by atoms with van der Waals surface area (Å²) in [5.41, 5.74) is 9.94. The van der Waals surface area contributed by atoms with E-state index in [1.54, 1.807) is 0 Å². The number of nitrogen functional groups attached to an aromatic ring is 1. The summed E-state index contributed by atoms with van der Waals surface area (Å²) < 4.78 is 42.3. The van der Waals surface area contributed by atoms with Crippen molar-refractivity contribution in [2.24, 2.45) is 5.73 Å². The molecule has 9 heteroatoms. The SMILES string of the molecule is NC(=O)c1c(N)nsc1NCc1ccccc1C(F)(F)F. The monoisotopic (exact) mass is 316 g/mol. The lowest BCUT2D eigenvalue weighted by atomic mass is 10.1. The number of rotatable bonds is 4. The zero-order chi connectivity index (χ0) is 15.6. The van der Waals surface area contributed by atoms with Gasteiger partial charge >= 0.3 is 6.18 Å². The molecule has 0 radical (unpaired) electrons. The van der Waals surface area contributed by atoms with Crippen LogP contribution in [0.5, 0.6) is 0 Å². The van der Waals surface area contributed by atoms with Gasteiger partial charge in [-0.05, 0) is 23.2 Å². The predicted octanol–water partition coefficient (Wildman–Crippen LogP) is 2.46. The number of aromatic nitrogens is 1. The third-order valence-corrected chi connectivity index (χ3v) is 3.55. The summed E-state index contributed by atoms with van der Waals surface area (Å²) in [6, 6.07) is 5.16. The highest BCUT2D eigenvalue weighted by Crippen LogP contribution is 2.33. The second-order valence-electron chi connectivity index (χ2n) is 4.14. The van der Waals surface area contributed by atoms with Gasteiger partial charge in [-0.1, -0.05) is 18.2 Å². The van der Waals surface area contributed by atoms with Crippen molar-refractivity contribution in [2.45, 2.75) is 12.7 Å². The van der Waals surface area contributed by atoms with Crippen LogP contribution in [0.3, 0.4) is 0 Å². The summed E-state index contributed by atoms with van der Waals surface area (Å²) in [6.45, 7) is -0.127. The third kappa shape index (κ3) is 3.24. The van der Waals surface area contributed by atoms with Crippen LogP contribution >= 0.6 is 11.5 Å². The lowest BCUT2D eigenvalue weighted by Gasteiger charge is -2.13. The number of carbonyl (C=O) groups excluding carboxylic acids is 1. The average Bonchev–Trinajstić information content (AvgIpc) is 2.77. The van der Waals surface area contributed by atoms with Gasteiger partial charge in [-0.25, -0.2) is 0 Å². The van der Waals surface area contributed by atoms with Crippen molar-refractivity contribution in [3.8, 4) is 0 Å². The fourth-order valence-corrected chi connectivity index (χ4v) is 2.50. The van der Waals surface area contributed by atoms with Crippen LogP contribution in [0, 0.1) is 0 Å². The van der Waals surface area contributed by atoms with Gasteiger partial charge in [0.15, 0.2) is 5.82 Å². The first kappa shape index (κ1) is 15.1. The number of hydrogen-bond acceptors (Lipinski definition) is 5. The van der Waals surface area contributed by atoms with Crippen LogP contribution < -0.4 is 16.8 Å². The molecule has 1 heterocycles. The molecule has 0 atom stereocenters. The first-order valence-electron chi connectivity index (χ1n) is 5.74. The predicted molar refractivity (Wildman–Crippen MR) is 73.8 cm³/mol. The molecule has 5 N–H and O–H groups in total. The molecule has 5 nitrogen and oxygen atoms in total. The molecule has 0 saturated heterocycles. The van der Waals surface area contributed by atoms with Crippen LogP contribution in [0.25, 0.3) is 0 Å². The van der Waals surface area contributed by atoms with Gasteiger partial charge in [0.05, 0.1) is 5.56 Å². The minimum atomic E-state index is -4.45. The van der Waals surface area contributed by atoms with Gasteiger partial charge in [0.25, 0.3) is 5.91 Å². The molecule has 0 saturated carbocycles. The molecule has 2 aromatic rings. The number of primary amides is 1. The zero-order valence-corrected chi connectivity index (χ0v) is 11.4. The lowest BCUT2D eigenvalue weighted by Crippen LogP contribution is -2.15. The van der Waals surface area contributed by atoms with E-state index in [9.17, 15) is 18.0 Å². The van der Waals surface area contributed by atoms with Crippen molar-refractivity contribution in [1.82, 2.24) is 4.37 Å². The van der Waals surface area contributed by atoms with Crippen molar-refractivity contribution in [3.63, 3.8) is 0 Å². The Bertz CT molecular complexity index is 669. The molecule has 0 aliphatic carbocycles. The molecule has 21 heavy (non-hydrogen) atoms. The highest BCUT2D eigenvalue weighted by molar-refractivity contribution is 7.11. The van der Waals surface area contributed by atoms with Crippen molar-refractivity contribution < 1.29 is 18.0 Å². The fourth-order valence-electron chi connectivity index (χ4n) is 1.79. The number of nitrogens with two attached hydrogens (primary N) is 2. The van der Waals surface area contributed by atoms with Gasteiger partial charge in [0, 0.05) is 6.54 Å². The molecule has 0 aliphatic heterocycles. The van der Waals surface area contributed by atoms with Crippen molar-refractivity contribution in [2.75, 3.05) is 11.1 Å². The van der Waals surface area contributed by atoms with Gasteiger partial charge < -0.3 is 16.8 Å². The van der Waals surface area contributed by atoms with E-state index in [1.165, 1.54) is 18.2 Å². The van der Waals surface area contributed by atoms with E-state index in [0.29, 0.717) is 0 Å². The Hall–Kier alpha value is -2.29. The minimum Gasteiger partial charge on any atom is -0.382 e. The second-order valence-corrected chi connectivity index (χ2v) is 4.92. The number of benzene rings is 1. The molecule has 0 unspecified atom stereocenters. The molecule has 0 fully saturated rings. The molecule has 1 aromatic heterocycles. The minimum absolute atomic E-state index is 0.00973. The van der Waals surface area contributed by atoms with Gasteiger partial charge in [0.2, 0.25) is 0 Å². The molecule has 0 bridgehead atoms. The van der Waals surface area contributed by atoms with Crippen molar-refractivity contribution >= 4 is 28.3 Å². The Kier molecular flexibility index (Phi) is 4.03. The molecule has 112 valence electrons. The van der Waals surface area contributed by atoms with E-state index in [2.05, 4.69) is 9.69 Å². The number of hydrogen-bond donors (Lipinski definition) is 3. The number of amides is 1. The van der Waals surface area contributed by atoms with Gasteiger partial charge in [0.1, 0.15) is 10.6 Å². The quantitative estimate of drug-likeness (QED) is 0.807. The first-order valence-corrected chi connectivity index (χ1v) is 6.52. The smallest absolute Gasteiger partial charge is 0.382 e. The summed E-state index contributed by atoms with van der Waals surface area (Å²) in [7, 11) is 0. The Morgan fingerprint density at radius 1 is 1.33 bits per heavy atom. The Balaban J connectivity index is 2.24. The summed E-state index contributed by atoms with van der Waals surface area (Å²) in [4.78, 5) is 11.2. The van der Waals surface area contributed by atoms with Crippen LogP contribution in [0.15, 0.2) is 24.3 Å². The Labute approximate surface area is 121 Å². The maximum Gasteiger partial charge on any atom is 0.416 e. The van der Waals surface area contributed by atoms with Crippen molar-refractivity contribution in [1.29, 1.82) is 0 Å². The van der Waals surface area contributed by atoms with Gasteiger partial charge in [-0.15, -0.1) is 0 Å². The highest BCUT2D eigenvalue weighted by atomic mass is 32.1. The second kappa shape index (κ2) is 5.60. The molecular formula is C12H11F3N4OS. The topological polar surface area (TPSA) is 94.0 Å². The normalized spacial score (nSPS) is 11.4. The molecule has 0 aliphatic rings. The third-order valence-electron chi connectivity index (χ3n) is 2.73. The first-order chi connectivity index (χ1) is 9.80. The van der Waals surface area contributed by atoms with E-state index in [4.69, 9.17) is 11.5 Å². The number of alkyl halides is 3. The largest absolute Gasteiger partial charge is 0.416 e. The van der Waals surface area contributed by atoms with Crippen LogP contribution in [0.4, 0.5) is 24.0 Å². The number of halogens is 3. The van der Waals surface area contributed by atoms with Crippen LogP contribution in [-0.4, -0.2) is 10.3 Å².